The highest BCUT2D eigenvalue weighted by Crippen LogP contribution is 2.37. The Morgan fingerprint density at radius 1 is 1.33 bits per heavy atom. The molecule has 1 aliphatic rings. The van der Waals surface area contributed by atoms with Gasteiger partial charge in [0, 0.05) is 12.1 Å². The third kappa shape index (κ3) is 3.65. The summed E-state index contributed by atoms with van der Waals surface area (Å²) >= 11 is 0. The largest absolute Gasteiger partial charge is 0.483 e. The second-order valence-corrected chi connectivity index (χ2v) is 4.73. The van der Waals surface area contributed by atoms with Crippen molar-refractivity contribution < 1.29 is 23.8 Å². The van der Waals surface area contributed by atoms with Gasteiger partial charge in [-0.2, -0.15) is 0 Å². The Balaban J connectivity index is 1.99. The molecule has 0 aliphatic carbocycles. The monoisotopic (exact) mass is 293 g/mol. The summed E-state index contributed by atoms with van der Waals surface area (Å²) in [6.45, 7) is 4.00. The van der Waals surface area contributed by atoms with E-state index >= 15 is 0 Å². The van der Waals surface area contributed by atoms with Crippen LogP contribution < -0.4 is 19.5 Å². The molecule has 0 aromatic heterocycles. The highest BCUT2D eigenvalue weighted by molar-refractivity contribution is 5.82. The zero-order valence-electron chi connectivity index (χ0n) is 12.2. The van der Waals surface area contributed by atoms with Crippen LogP contribution >= 0.6 is 0 Å². The third-order valence-electron chi connectivity index (χ3n) is 3.34. The number of benzene rings is 1. The number of amides is 1. The van der Waals surface area contributed by atoms with Gasteiger partial charge in [0.15, 0.2) is 24.4 Å². The molecular formula is C15H19NO5. The van der Waals surface area contributed by atoms with Crippen molar-refractivity contribution in [3.05, 3.63) is 17.7 Å². The second kappa shape index (κ2) is 6.97. The summed E-state index contributed by atoms with van der Waals surface area (Å²) < 4.78 is 15.8. The van der Waals surface area contributed by atoms with Gasteiger partial charge in [-0.05, 0) is 18.9 Å². The first-order valence-corrected chi connectivity index (χ1v) is 6.98. The molecule has 0 fully saturated rings. The summed E-state index contributed by atoms with van der Waals surface area (Å²) in [5.74, 6) is 1.12. The average molecular weight is 293 g/mol. The molecule has 1 amide bonds. The molecule has 0 saturated carbocycles. The summed E-state index contributed by atoms with van der Waals surface area (Å²) in [4.78, 5) is 22.9. The van der Waals surface area contributed by atoms with Crippen LogP contribution in [0.3, 0.4) is 0 Å². The van der Waals surface area contributed by atoms with Crippen LogP contribution in [0.25, 0.3) is 0 Å². The molecule has 21 heavy (non-hydrogen) atoms. The maximum Gasteiger partial charge on any atom is 0.258 e. The zero-order valence-corrected chi connectivity index (χ0v) is 12.2. The number of carbonyl (C=O) groups excluding carboxylic acids is 2. The fraction of sp³-hybridized carbons (Fsp3) is 0.467. The minimum absolute atomic E-state index is 0.117. The lowest BCUT2D eigenvalue weighted by molar-refractivity contribution is -0.123. The summed E-state index contributed by atoms with van der Waals surface area (Å²) in [5.41, 5.74) is 0.328. The molecule has 0 saturated heterocycles. The predicted molar refractivity (Wildman–Crippen MR) is 76.0 cm³/mol. The molecule has 0 spiro atoms. The van der Waals surface area contributed by atoms with Crippen LogP contribution in [0.15, 0.2) is 12.1 Å². The molecule has 6 nitrogen and oxygen atoms in total. The van der Waals surface area contributed by atoms with E-state index in [1.807, 2.05) is 13.8 Å². The van der Waals surface area contributed by atoms with Crippen molar-refractivity contribution >= 4 is 12.2 Å². The van der Waals surface area contributed by atoms with Gasteiger partial charge in [0.05, 0.1) is 5.56 Å². The number of nitrogens with one attached hydrogen (secondary N) is 1. The van der Waals surface area contributed by atoms with E-state index in [1.54, 1.807) is 12.1 Å². The van der Waals surface area contributed by atoms with E-state index in [4.69, 9.17) is 14.2 Å². The molecule has 0 bridgehead atoms. The fourth-order valence-corrected chi connectivity index (χ4v) is 2.06. The summed E-state index contributed by atoms with van der Waals surface area (Å²) in [7, 11) is 0. The first-order chi connectivity index (χ1) is 10.2. The number of rotatable bonds is 7. The van der Waals surface area contributed by atoms with Gasteiger partial charge < -0.3 is 19.5 Å². The Morgan fingerprint density at radius 3 is 2.62 bits per heavy atom. The van der Waals surface area contributed by atoms with E-state index in [0.29, 0.717) is 29.1 Å². The van der Waals surface area contributed by atoms with Gasteiger partial charge in [0.1, 0.15) is 5.75 Å². The summed E-state index contributed by atoms with van der Waals surface area (Å²) in [5, 5.41) is 2.87. The highest BCUT2D eigenvalue weighted by Gasteiger charge is 2.18. The number of hydrogen-bond donors (Lipinski definition) is 1. The van der Waals surface area contributed by atoms with Crippen LogP contribution in [-0.4, -0.2) is 31.6 Å². The van der Waals surface area contributed by atoms with Crippen molar-refractivity contribution in [1.29, 1.82) is 0 Å². The Hall–Kier alpha value is -2.24. The van der Waals surface area contributed by atoms with E-state index in [-0.39, 0.29) is 25.3 Å². The molecule has 1 heterocycles. The molecule has 114 valence electrons. The van der Waals surface area contributed by atoms with Crippen molar-refractivity contribution in [2.45, 2.75) is 32.7 Å². The number of hydrogen-bond acceptors (Lipinski definition) is 5. The molecule has 0 atom stereocenters. The maximum absolute atomic E-state index is 11.8. The van der Waals surface area contributed by atoms with Gasteiger partial charge in [0.2, 0.25) is 6.79 Å². The first kappa shape index (κ1) is 15.2. The number of fused-ring (bicyclic) bond motifs is 1. The SMILES string of the molecule is CCC(CC)NC(=O)COc1cc2c(cc1C=O)OCO2. The first-order valence-electron chi connectivity index (χ1n) is 6.98. The molecule has 6 heteroatoms. The summed E-state index contributed by atoms with van der Waals surface area (Å²) in [6, 6.07) is 3.25. The maximum atomic E-state index is 11.8. The Bertz CT molecular complexity index is 525. The lowest BCUT2D eigenvalue weighted by Gasteiger charge is -2.15. The smallest absolute Gasteiger partial charge is 0.258 e. The zero-order chi connectivity index (χ0) is 15.2. The normalized spacial score (nSPS) is 12.3. The quantitative estimate of drug-likeness (QED) is 0.777. The average Bonchev–Trinajstić information content (AvgIpc) is 2.96. The molecule has 1 aliphatic heterocycles. The molecule has 1 N–H and O–H groups in total. The van der Waals surface area contributed by atoms with Crippen LogP contribution in [0.5, 0.6) is 17.2 Å². The van der Waals surface area contributed by atoms with Crippen LogP contribution in [0.1, 0.15) is 37.0 Å². The molecule has 1 aromatic carbocycles. The second-order valence-electron chi connectivity index (χ2n) is 4.73. The van der Waals surface area contributed by atoms with Crippen molar-refractivity contribution in [1.82, 2.24) is 5.32 Å². The van der Waals surface area contributed by atoms with Crippen molar-refractivity contribution in [3.8, 4) is 17.2 Å². The molecule has 0 radical (unpaired) electrons. The van der Waals surface area contributed by atoms with Gasteiger partial charge >= 0.3 is 0 Å². The summed E-state index contributed by atoms with van der Waals surface area (Å²) in [6.07, 6.45) is 2.40. The Labute approximate surface area is 123 Å². The molecule has 2 rings (SSSR count). The van der Waals surface area contributed by atoms with Crippen LogP contribution in [-0.2, 0) is 4.79 Å². The van der Waals surface area contributed by atoms with Crippen LogP contribution in [0.2, 0.25) is 0 Å². The van der Waals surface area contributed by atoms with E-state index in [0.717, 1.165) is 12.8 Å². The molecule has 1 aromatic rings. The third-order valence-corrected chi connectivity index (χ3v) is 3.34. The predicted octanol–water partition coefficient (Wildman–Crippen LogP) is 1.91. The molecular weight excluding hydrogens is 274 g/mol. The Morgan fingerprint density at radius 2 is 2.00 bits per heavy atom. The van der Waals surface area contributed by atoms with E-state index in [2.05, 4.69) is 5.32 Å². The van der Waals surface area contributed by atoms with Crippen molar-refractivity contribution in [2.24, 2.45) is 0 Å². The van der Waals surface area contributed by atoms with E-state index in [1.165, 1.54) is 0 Å². The molecule has 0 unspecified atom stereocenters. The number of aldehydes is 1. The fourth-order valence-electron chi connectivity index (χ4n) is 2.06. The minimum Gasteiger partial charge on any atom is -0.483 e. The lowest BCUT2D eigenvalue weighted by Crippen LogP contribution is -2.37. The van der Waals surface area contributed by atoms with Gasteiger partial charge in [0.25, 0.3) is 5.91 Å². The van der Waals surface area contributed by atoms with Crippen LogP contribution in [0.4, 0.5) is 0 Å². The number of ether oxygens (including phenoxy) is 3. The van der Waals surface area contributed by atoms with Crippen molar-refractivity contribution in [3.63, 3.8) is 0 Å². The van der Waals surface area contributed by atoms with Gasteiger partial charge in [-0.3, -0.25) is 9.59 Å². The minimum atomic E-state index is -0.210. The van der Waals surface area contributed by atoms with Gasteiger partial charge in [-0.1, -0.05) is 13.8 Å². The van der Waals surface area contributed by atoms with Gasteiger partial charge in [-0.15, -0.1) is 0 Å². The van der Waals surface area contributed by atoms with Gasteiger partial charge in [-0.25, -0.2) is 0 Å². The topological polar surface area (TPSA) is 73.9 Å². The number of carbonyl (C=O) groups is 2. The van der Waals surface area contributed by atoms with E-state index < -0.39 is 0 Å². The standard InChI is InChI=1S/C15H19NO5/c1-3-11(4-2)16-15(18)8-19-12-6-14-13(20-9-21-14)5-10(12)7-17/h5-7,11H,3-4,8-9H2,1-2H3,(H,16,18). The lowest BCUT2D eigenvalue weighted by atomic mass is 10.2. The Kier molecular flexibility index (Phi) is 5.03. The van der Waals surface area contributed by atoms with Crippen LogP contribution in [0, 0.1) is 0 Å². The van der Waals surface area contributed by atoms with Crippen molar-refractivity contribution in [2.75, 3.05) is 13.4 Å². The highest BCUT2D eigenvalue weighted by atomic mass is 16.7. The van der Waals surface area contributed by atoms with E-state index in [9.17, 15) is 9.59 Å².